The van der Waals surface area contributed by atoms with Crippen LogP contribution in [0.2, 0.25) is 0 Å². The number of thioether (sulfide) groups is 1. The lowest BCUT2D eigenvalue weighted by Crippen LogP contribution is -2.47. The number of aryl methyl sites for hydroxylation is 2. The zero-order valence-electron chi connectivity index (χ0n) is 21.9. The average Bonchev–Trinajstić information content (AvgIpc) is 3.29. The quantitative estimate of drug-likeness (QED) is 0.260. The van der Waals surface area contributed by atoms with Crippen molar-refractivity contribution in [2.45, 2.75) is 102 Å². The Morgan fingerprint density at radius 1 is 1.22 bits per heavy atom. The lowest BCUT2D eigenvalue weighted by atomic mass is 9.71. The van der Waals surface area contributed by atoms with E-state index in [0.29, 0.717) is 19.3 Å². The third-order valence-corrected chi connectivity index (χ3v) is 9.86. The van der Waals surface area contributed by atoms with Crippen LogP contribution in [0.15, 0.2) is 39.1 Å². The molecule has 1 unspecified atom stereocenters. The van der Waals surface area contributed by atoms with Gasteiger partial charge in [-0.15, -0.1) is 11.3 Å². The van der Waals surface area contributed by atoms with Gasteiger partial charge in [0.1, 0.15) is 16.3 Å². The van der Waals surface area contributed by atoms with E-state index in [1.54, 1.807) is 11.3 Å². The minimum atomic E-state index is -0.718. The van der Waals surface area contributed by atoms with Crippen molar-refractivity contribution < 1.29 is 19.7 Å². The number of rotatable bonds is 7. The Bertz CT molecular complexity index is 1140. The maximum Gasteiger partial charge on any atom is 0.349 e. The molecular weight excluding hydrogens is 490 g/mol. The molecule has 1 aromatic heterocycles. The van der Waals surface area contributed by atoms with Gasteiger partial charge in [-0.2, -0.15) is 0 Å². The number of anilines is 1. The number of aliphatic hydroxyl groups is 2. The van der Waals surface area contributed by atoms with Gasteiger partial charge >= 0.3 is 5.97 Å². The lowest BCUT2D eigenvalue weighted by Gasteiger charge is -2.44. The number of benzene rings is 1. The molecule has 1 fully saturated rings. The van der Waals surface area contributed by atoms with E-state index in [9.17, 15) is 15.0 Å². The van der Waals surface area contributed by atoms with Gasteiger partial charge in [0.15, 0.2) is 0 Å². The Kier molecular flexibility index (Phi) is 8.13. The number of cyclic esters (lactones) is 1. The van der Waals surface area contributed by atoms with Crippen molar-refractivity contribution in [3.63, 3.8) is 0 Å². The maximum absolute atomic E-state index is 13.5. The fourth-order valence-electron chi connectivity index (χ4n) is 5.60. The van der Waals surface area contributed by atoms with Crippen molar-refractivity contribution in [3.8, 4) is 0 Å². The predicted molar refractivity (Wildman–Crippen MR) is 148 cm³/mol. The first kappa shape index (κ1) is 27.1. The first-order valence-electron chi connectivity index (χ1n) is 12.9. The van der Waals surface area contributed by atoms with E-state index < -0.39 is 11.6 Å². The number of ether oxygens (including phenoxy) is 1. The van der Waals surface area contributed by atoms with E-state index in [0.717, 1.165) is 57.8 Å². The van der Waals surface area contributed by atoms with E-state index in [1.807, 2.05) is 30.5 Å². The van der Waals surface area contributed by atoms with E-state index in [4.69, 9.17) is 10.5 Å². The highest BCUT2D eigenvalue weighted by molar-refractivity contribution is 8.04. The SMILES string of the molecule is Cc1cc(SC2=C(O)CC(CCc3ccsc3CO)(C3CCCCC3)OC2=O)c(C(C)(C)C)cc1N. The summed E-state index contributed by atoms with van der Waals surface area (Å²) in [6, 6.07) is 6.03. The molecule has 0 spiro atoms. The van der Waals surface area contributed by atoms with Crippen LogP contribution in [-0.2, 0) is 28.0 Å². The third kappa shape index (κ3) is 5.63. The van der Waals surface area contributed by atoms with Gasteiger partial charge < -0.3 is 20.7 Å². The maximum atomic E-state index is 13.5. The summed E-state index contributed by atoms with van der Waals surface area (Å²) in [5, 5.41) is 23.0. The van der Waals surface area contributed by atoms with Crippen molar-refractivity contribution in [2.75, 3.05) is 5.73 Å². The standard InChI is InChI=1S/C29H39NO4S2/c1-18-14-24(21(15-22(18)30)28(2,3)4)36-26-23(32)16-29(34-27(26)33,20-8-6-5-7-9-20)12-10-19-11-13-35-25(19)17-31/h11,13-15,20,31-32H,5-10,12,16-17,30H2,1-4H3. The van der Waals surface area contributed by atoms with Crippen LogP contribution in [0.25, 0.3) is 0 Å². The summed E-state index contributed by atoms with van der Waals surface area (Å²) in [4.78, 5) is 15.7. The number of hydrogen-bond acceptors (Lipinski definition) is 7. The number of nitrogens with two attached hydrogens (primary N) is 1. The Hall–Kier alpha value is -1.96. The predicted octanol–water partition coefficient (Wildman–Crippen LogP) is 7.19. The van der Waals surface area contributed by atoms with Gasteiger partial charge in [0.05, 0.1) is 6.61 Å². The highest BCUT2D eigenvalue weighted by Crippen LogP contribution is 2.48. The molecule has 196 valence electrons. The smallest absolute Gasteiger partial charge is 0.349 e. The number of nitrogen functional groups attached to an aromatic ring is 1. The van der Waals surface area contributed by atoms with E-state index in [2.05, 4.69) is 20.8 Å². The molecule has 4 rings (SSSR count). The van der Waals surface area contributed by atoms with Gasteiger partial charge in [0, 0.05) is 21.9 Å². The van der Waals surface area contributed by atoms with E-state index in [-0.39, 0.29) is 28.6 Å². The molecule has 4 N–H and O–H groups in total. The van der Waals surface area contributed by atoms with Crippen LogP contribution in [0, 0.1) is 12.8 Å². The molecule has 2 aromatic rings. The fraction of sp³-hybridized carbons (Fsp3) is 0.552. The number of aliphatic hydroxyl groups excluding tert-OH is 2. The molecule has 0 saturated heterocycles. The summed E-state index contributed by atoms with van der Waals surface area (Å²) in [5.41, 5.74) is 9.13. The average molecular weight is 530 g/mol. The Morgan fingerprint density at radius 3 is 2.58 bits per heavy atom. The number of thiophene rings is 1. The van der Waals surface area contributed by atoms with Crippen molar-refractivity contribution >= 4 is 34.8 Å². The van der Waals surface area contributed by atoms with Crippen LogP contribution in [-0.4, -0.2) is 21.8 Å². The summed E-state index contributed by atoms with van der Waals surface area (Å²) in [6.45, 7) is 8.33. The molecule has 1 aliphatic carbocycles. The Morgan fingerprint density at radius 2 is 1.94 bits per heavy atom. The van der Waals surface area contributed by atoms with Crippen molar-refractivity contribution in [3.05, 3.63) is 55.8 Å². The van der Waals surface area contributed by atoms with Crippen molar-refractivity contribution in [1.29, 1.82) is 0 Å². The molecule has 2 aliphatic rings. The van der Waals surface area contributed by atoms with E-state index >= 15 is 0 Å². The fourth-order valence-corrected chi connectivity index (χ4v) is 7.64. The number of carbonyl (C=O) groups excluding carboxylic acids is 1. The number of esters is 1. The highest BCUT2D eigenvalue weighted by atomic mass is 32.2. The summed E-state index contributed by atoms with van der Waals surface area (Å²) in [6.07, 6.45) is 7.15. The second-order valence-electron chi connectivity index (χ2n) is 11.3. The molecule has 36 heavy (non-hydrogen) atoms. The number of carbonyl (C=O) groups is 1. The van der Waals surface area contributed by atoms with Crippen molar-refractivity contribution in [2.24, 2.45) is 5.92 Å². The van der Waals surface area contributed by atoms with E-state index in [1.165, 1.54) is 18.2 Å². The van der Waals surface area contributed by atoms with Gasteiger partial charge in [0.2, 0.25) is 0 Å². The summed E-state index contributed by atoms with van der Waals surface area (Å²) in [7, 11) is 0. The molecule has 2 heterocycles. The Labute approximate surface area is 223 Å². The van der Waals surface area contributed by atoms with Crippen LogP contribution in [0.5, 0.6) is 0 Å². The summed E-state index contributed by atoms with van der Waals surface area (Å²) < 4.78 is 6.36. The summed E-state index contributed by atoms with van der Waals surface area (Å²) in [5.74, 6) is -0.0794. The monoisotopic (exact) mass is 529 g/mol. The second kappa shape index (κ2) is 10.8. The third-order valence-electron chi connectivity index (χ3n) is 7.75. The molecular formula is C29H39NO4S2. The molecule has 5 nitrogen and oxygen atoms in total. The zero-order valence-corrected chi connectivity index (χ0v) is 23.5. The molecule has 0 bridgehead atoms. The van der Waals surface area contributed by atoms with Gasteiger partial charge in [-0.1, -0.05) is 51.8 Å². The molecule has 1 saturated carbocycles. The molecule has 0 radical (unpaired) electrons. The van der Waals surface area contributed by atoms with Crippen LogP contribution >= 0.6 is 23.1 Å². The van der Waals surface area contributed by atoms with Crippen molar-refractivity contribution in [1.82, 2.24) is 0 Å². The minimum Gasteiger partial charge on any atom is -0.511 e. The second-order valence-corrected chi connectivity index (χ2v) is 13.4. The zero-order chi connectivity index (χ0) is 26.1. The van der Waals surface area contributed by atoms with Crippen LogP contribution in [0.1, 0.15) is 87.3 Å². The Balaban J connectivity index is 1.66. The topological polar surface area (TPSA) is 92.8 Å². The van der Waals surface area contributed by atoms with Gasteiger partial charge in [-0.25, -0.2) is 4.79 Å². The number of hydrogen-bond donors (Lipinski definition) is 3. The highest BCUT2D eigenvalue weighted by Gasteiger charge is 2.48. The van der Waals surface area contributed by atoms with Crippen LogP contribution in [0.3, 0.4) is 0 Å². The van der Waals surface area contributed by atoms with Crippen LogP contribution < -0.4 is 5.73 Å². The molecule has 1 aliphatic heterocycles. The molecule has 7 heteroatoms. The molecule has 1 atom stereocenters. The van der Waals surface area contributed by atoms with Gasteiger partial charge in [-0.05, 0) is 84.2 Å². The van der Waals surface area contributed by atoms with Gasteiger partial charge in [0.25, 0.3) is 0 Å². The first-order chi connectivity index (χ1) is 17.0. The normalized spacial score (nSPS) is 21.6. The molecule has 0 amide bonds. The van der Waals surface area contributed by atoms with Gasteiger partial charge in [-0.3, -0.25) is 0 Å². The molecule has 1 aromatic carbocycles. The lowest BCUT2D eigenvalue weighted by molar-refractivity contribution is -0.168. The largest absolute Gasteiger partial charge is 0.511 e. The summed E-state index contributed by atoms with van der Waals surface area (Å²) >= 11 is 2.84. The minimum absolute atomic E-state index is 0.0201. The van der Waals surface area contributed by atoms with Crippen LogP contribution in [0.4, 0.5) is 5.69 Å². The first-order valence-corrected chi connectivity index (χ1v) is 14.6.